The monoisotopic (exact) mass is 343 g/mol. The number of hydrogen-bond acceptors (Lipinski definition) is 4. The summed E-state index contributed by atoms with van der Waals surface area (Å²) in [6.07, 6.45) is 0. The Labute approximate surface area is 123 Å². The van der Waals surface area contributed by atoms with E-state index in [0.717, 1.165) is 21.5 Å². The van der Waals surface area contributed by atoms with E-state index in [9.17, 15) is 4.79 Å². The summed E-state index contributed by atoms with van der Waals surface area (Å²) in [5.74, 6) is 1.55. The van der Waals surface area contributed by atoms with Crippen molar-refractivity contribution in [2.24, 2.45) is 0 Å². The second-order valence-electron chi connectivity index (χ2n) is 3.81. The Morgan fingerprint density at radius 3 is 2.95 bits per heavy atom. The van der Waals surface area contributed by atoms with E-state index in [0.29, 0.717) is 11.7 Å². The molecule has 0 saturated heterocycles. The molecule has 1 aromatic carbocycles. The summed E-state index contributed by atoms with van der Waals surface area (Å²) < 4.78 is 7.72. The van der Waals surface area contributed by atoms with Crippen LogP contribution in [0.4, 0.5) is 0 Å². The van der Waals surface area contributed by atoms with Gasteiger partial charge in [-0.1, -0.05) is 17.8 Å². The fraction of sp³-hybridized carbons (Fsp3) is 0.333. The van der Waals surface area contributed by atoms with Crippen LogP contribution in [0.1, 0.15) is 12.5 Å². The molecule has 2 aromatic rings. The van der Waals surface area contributed by atoms with Crippen molar-refractivity contribution in [1.82, 2.24) is 14.8 Å². The van der Waals surface area contributed by atoms with Crippen molar-refractivity contribution in [3.63, 3.8) is 0 Å². The first kappa shape index (κ1) is 14.2. The SMILES string of the molecule is CCn1c(SCc2ccc(OC)c(Br)c2)n[nH]c1=O. The molecule has 1 heterocycles. The molecule has 0 radical (unpaired) electrons. The molecule has 0 atom stereocenters. The highest BCUT2D eigenvalue weighted by atomic mass is 79.9. The van der Waals surface area contributed by atoms with Crippen molar-refractivity contribution >= 4 is 27.7 Å². The Bertz CT molecular complexity index is 624. The van der Waals surface area contributed by atoms with Crippen LogP contribution in [0.5, 0.6) is 5.75 Å². The Morgan fingerprint density at radius 2 is 2.32 bits per heavy atom. The van der Waals surface area contributed by atoms with E-state index < -0.39 is 0 Å². The molecule has 2 rings (SSSR count). The lowest BCUT2D eigenvalue weighted by Gasteiger charge is -2.06. The number of aromatic nitrogens is 3. The summed E-state index contributed by atoms with van der Waals surface area (Å²) in [5, 5.41) is 7.18. The van der Waals surface area contributed by atoms with Crippen LogP contribution in [0.15, 0.2) is 32.6 Å². The number of aromatic amines is 1. The minimum Gasteiger partial charge on any atom is -0.496 e. The van der Waals surface area contributed by atoms with Gasteiger partial charge in [-0.25, -0.2) is 9.89 Å². The van der Waals surface area contributed by atoms with Crippen molar-refractivity contribution in [3.05, 3.63) is 38.7 Å². The van der Waals surface area contributed by atoms with Crippen LogP contribution in [-0.4, -0.2) is 21.9 Å². The third-order valence-electron chi connectivity index (χ3n) is 2.62. The zero-order chi connectivity index (χ0) is 13.8. The third kappa shape index (κ3) is 3.22. The van der Waals surface area contributed by atoms with E-state index in [2.05, 4.69) is 26.1 Å². The highest BCUT2D eigenvalue weighted by molar-refractivity contribution is 9.10. The second kappa shape index (κ2) is 6.29. The van der Waals surface area contributed by atoms with E-state index in [-0.39, 0.29) is 5.69 Å². The van der Waals surface area contributed by atoms with Gasteiger partial charge >= 0.3 is 5.69 Å². The van der Waals surface area contributed by atoms with Crippen molar-refractivity contribution in [2.45, 2.75) is 24.4 Å². The lowest BCUT2D eigenvalue weighted by Crippen LogP contribution is -2.16. The van der Waals surface area contributed by atoms with E-state index >= 15 is 0 Å². The fourth-order valence-electron chi connectivity index (χ4n) is 1.64. The maximum Gasteiger partial charge on any atom is 0.343 e. The lowest BCUT2D eigenvalue weighted by atomic mass is 10.2. The largest absolute Gasteiger partial charge is 0.496 e. The van der Waals surface area contributed by atoms with Gasteiger partial charge in [0.2, 0.25) is 0 Å². The lowest BCUT2D eigenvalue weighted by molar-refractivity contribution is 0.412. The average Bonchev–Trinajstić information content (AvgIpc) is 2.77. The molecule has 102 valence electrons. The van der Waals surface area contributed by atoms with Gasteiger partial charge in [0.15, 0.2) is 5.16 Å². The standard InChI is InChI=1S/C12H14BrN3O2S/c1-3-16-11(17)14-15-12(16)19-7-8-4-5-10(18-2)9(13)6-8/h4-6H,3,7H2,1-2H3,(H,14,17). The van der Waals surface area contributed by atoms with Crippen molar-refractivity contribution in [3.8, 4) is 5.75 Å². The first-order valence-corrected chi connectivity index (χ1v) is 7.54. The normalized spacial score (nSPS) is 10.7. The maximum absolute atomic E-state index is 11.4. The highest BCUT2D eigenvalue weighted by Crippen LogP contribution is 2.28. The molecule has 19 heavy (non-hydrogen) atoms. The average molecular weight is 344 g/mol. The molecule has 0 aliphatic heterocycles. The number of benzene rings is 1. The van der Waals surface area contributed by atoms with Crippen molar-refractivity contribution in [2.75, 3.05) is 7.11 Å². The predicted octanol–water partition coefficient (Wildman–Crippen LogP) is 2.65. The first-order valence-electron chi connectivity index (χ1n) is 5.76. The molecule has 0 unspecified atom stereocenters. The number of thioether (sulfide) groups is 1. The molecule has 0 amide bonds. The molecule has 0 aliphatic rings. The van der Waals surface area contributed by atoms with E-state index in [1.807, 2.05) is 25.1 Å². The van der Waals surface area contributed by atoms with Crippen LogP contribution >= 0.6 is 27.7 Å². The number of rotatable bonds is 5. The van der Waals surface area contributed by atoms with Gasteiger partial charge in [0, 0.05) is 12.3 Å². The van der Waals surface area contributed by atoms with Crippen LogP contribution in [0, 0.1) is 0 Å². The molecule has 0 fully saturated rings. The van der Waals surface area contributed by atoms with E-state index in [1.165, 1.54) is 11.8 Å². The fourth-order valence-corrected chi connectivity index (χ4v) is 3.18. The maximum atomic E-state index is 11.4. The Balaban J connectivity index is 2.10. The molecule has 0 saturated carbocycles. The minimum absolute atomic E-state index is 0.166. The van der Waals surface area contributed by atoms with E-state index in [1.54, 1.807) is 11.7 Å². The second-order valence-corrected chi connectivity index (χ2v) is 5.61. The third-order valence-corrected chi connectivity index (χ3v) is 4.29. The summed E-state index contributed by atoms with van der Waals surface area (Å²) in [6, 6.07) is 5.92. The van der Waals surface area contributed by atoms with Gasteiger partial charge in [-0.15, -0.1) is 5.10 Å². The number of ether oxygens (including phenoxy) is 1. The number of hydrogen-bond donors (Lipinski definition) is 1. The molecule has 1 N–H and O–H groups in total. The number of methoxy groups -OCH3 is 1. The first-order chi connectivity index (χ1) is 9.15. The van der Waals surface area contributed by atoms with Gasteiger partial charge in [0.05, 0.1) is 11.6 Å². The summed E-state index contributed by atoms with van der Waals surface area (Å²) in [5.41, 5.74) is 0.969. The highest BCUT2D eigenvalue weighted by Gasteiger charge is 2.08. The molecule has 0 spiro atoms. The van der Waals surface area contributed by atoms with Gasteiger partial charge in [-0.2, -0.15) is 0 Å². The van der Waals surface area contributed by atoms with Crippen LogP contribution in [-0.2, 0) is 12.3 Å². The Kier molecular flexibility index (Phi) is 4.71. The Morgan fingerprint density at radius 1 is 1.53 bits per heavy atom. The summed E-state index contributed by atoms with van der Waals surface area (Å²) in [6.45, 7) is 2.54. The number of H-pyrrole nitrogens is 1. The zero-order valence-corrected chi connectivity index (χ0v) is 13.0. The quantitative estimate of drug-likeness (QED) is 0.848. The smallest absolute Gasteiger partial charge is 0.343 e. The van der Waals surface area contributed by atoms with Crippen molar-refractivity contribution in [1.29, 1.82) is 0 Å². The van der Waals surface area contributed by atoms with Gasteiger partial charge < -0.3 is 4.74 Å². The van der Waals surface area contributed by atoms with E-state index in [4.69, 9.17) is 4.74 Å². The van der Waals surface area contributed by atoms with Crippen LogP contribution in [0.25, 0.3) is 0 Å². The van der Waals surface area contributed by atoms with Crippen LogP contribution in [0.3, 0.4) is 0 Å². The number of halogens is 1. The molecule has 1 aromatic heterocycles. The van der Waals surface area contributed by atoms with Crippen LogP contribution < -0.4 is 10.4 Å². The van der Waals surface area contributed by atoms with Crippen molar-refractivity contribution < 1.29 is 4.74 Å². The number of nitrogens with one attached hydrogen (secondary N) is 1. The molecule has 0 aliphatic carbocycles. The zero-order valence-electron chi connectivity index (χ0n) is 10.6. The summed E-state index contributed by atoms with van der Waals surface area (Å²) >= 11 is 4.98. The Hall–Kier alpha value is -1.21. The van der Waals surface area contributed by atoms with Gasteiger partial charge in [0.25, 0.3) is 0 Å². The predicted molar refractivity (Wildman–Crippen MR) is 78.8 cm³/mol. The number of nitrogens with zero attached hydrogens (tertiary/aromatic N) is 2. The molecule has 7 heteroatoms. The molecular formula is C12H14BrN3O2S. The topological polar surface area (TPSA) is 59.9 Å². The summed E-state index contributed by atoms with van der Waals surface area (Å²) in [7, 11) is 1.64. The van der Waals surface area contributed by atoms with Crippen LogP contribution in [0.2, 0.25) is 0 Å². The summed E-state index contributed by atoms with van der Waals surface area (Å²) in [4.78, 5) is 11.4. The van der Waals surface area contributed by atoms with Gasteiger partial charge in [0.1, 0.15) is 5.75 Å². The molecule has 5 nitrogen and oxygen atoms in total. The molecular weight excluding hydrogens is 330 g/mol. The van der Waals surface area contributed by atoms with Gasteiger partial charge in [-0.05, 0) is 40.5 Å². The van der Waals surface area contributed by atoms with Gasteiger partial charge in [-0.3, -0.25) is 4.57 Å². The molecule has 0 bridgehead atoms. The minimum atomic E-state index is -0.166.